The Morgan fingerprint density at radius 2 is 2.08 bits per heavy atom. The summed E-state index contributed by atoms with van der Waals surface area (Å²) in [5.74, 6) is -0.0301. The summed E-state index contributed by atoms with van der Waals surface area (Å²) in [5, 5.41) is 7.67. The molecule has 0 saturated carbocycles. The van der Waals surface area contributed by atoms with E-state index in [0.717, 1.165) is 5.46 Å². The van der Waals surface area contributed by atoms with Gasteiger partial charge in [-0.05, 0) is 12.1 Å². The molecule has 3 nitrogen and oxygen atoms in total. The zero-order valence-electron chi connectivity index (χ0n) is 6.69. The molecule has 0 spiro atoms. The molecule has 1 rings (SSSR count). The first-order chi connectivity index (χ1) is 5.52. The van der Waals surface area contributed by atoms with Crippen molar-refractivity contribution in [2.24, 2.45) is 5.73 Å². The molecule has 0 unspecified atom stereocenters. The second-order valence-corrected chi connectivity index (χ2v) is 3.02. The van der Waals surface area contributed by atoms with Crippen molar-refractivity contribution >= 4 is 36.4 Å². The lowest BCUT2D eigenvalue weighted by molar-refractivity contribution is 1.44. The molecule has 12 heavy (non-hydrogen) atoms. The number of rotatable bonds is 1. The van der Waals surface area contributed by atoms with Crippen molar-refractivity contribution in [3.8, 4) is 0 Å². The van der Waals surface area contributed by atoms with Gasteiger partial charge in [-0.25, -0.2) is 0 Å². The van der Waals surface area contributed by atoms with Gasteiger partial charge in [-0.1, -0.05) is 17.1 Å². The van der Waals surface area contributed by atoms with E-state index in [1.807, 2.05) is 7.85 Å². The summed E-state index contributed by atoms with van der Waals surface area (Å²) in [4.78, 5) is 0. The van der Waals surface area contributed by atoms with Crippen LogP contribution < -0.4 is 16.9 Å². The third-order valence-corrected chi connectivity index (χ3v) is 1.88. The highest BCUT2D eigenvalue weighted by Crippen LogP contribution is 2.16. The van der Waals surface area contributed by atoms with Crippen LogP contribution in [0, 0.1) is 5.41 Å². The summed E-state index contributed by atoms with van der Waals surface area (Å²) in [5.41, 5.74) is 12.8. The van der Waals surface area contributed by atoms with E-state index < -0.39 is 0 Å². The largest absolute Gasteiger partial charge is 0.399 e. The third-order valence-electron chi connectivity index (χ3n) is 1.58. The molecule has 0 fully saturated rings. The van der Waals surface area contributed by atoms with Gasteiger partial charge in [-0.2, -0.15) is 0 Å². The van der Waals surface area contributed by atoms with Crippen molar-refractivity contribution in [3.05, 3.63) is 22.7 Å². The quantitative estimate of drug-likeness (QED) is 0.236. The molecule has 0 saturated heterocycles. The molecule has 0 aliphatic heterocycles. The first kappa shape index (κ1) is 8.94. The Morgan fingerprint density at radius 3 is 2.50 bits per heavy atom. The van der Waals surface area contributed by atoms with E-state index in [1.54, 1.807) is 12.1 Å². The molecule has 0 radical (unpaired) electrons. The van der Waals surface area contributed by atoms with Gasteiger partial charge in [0.2, 0.25) is 0 Å². The molecule has 0 aliphatic carbocycles. The molecule has 5 N–H and O–H groups in total. The molecule has 62 valence electrons. The molecule has 0 atom stereocenters. The molecule has 1 aromatic rings. The number of nitrogen functional groups attached to an aromatic ring is 2. The summed E-state index contributed by atoms with van der Waals surface area (Å²) >= 11 is 5.83. The zero-order valence-corrected chi connectivity index (χ0v) is 7.44. The number of hydrogen-bond donors (Lipinski definition) is 3. The maximum absolute atomic E-state index is 7.24. The van der Waals surface area contributed by atoms with Crippen molar-refractivity contribution in [1.82, 2.24) is 0 Å². The average Bonchev–Trinajstić information content (AvgIpc) is 1.82. The van der Waals surface area contributed by atoms with E-state index in [-0.39, 0.29) is 5.84 Å². The van der Waals surface area contributed by atoms with Gasteiger partial charge in [-0.3, -0.25) is 5.41 Å². The lowest BCUT2D eigenvalue weighted by Crippen LogP contribution is -2.23. The minimum absolute atomic E-state index is 0.0301. The zero-order chi connectivity index (χ0) is 9.30. The van der Waals surface area contributed by atoms with Crippen molar-refractivity contribution < 1.29 is 0 Å². The second kappa shape index (κ2) is 3.07. The number of amidine groups is 1. The van der Waals surface area contributed by atoms with Crippen LogP contribution in [0.3, 0.4) is 0 Å². The smallest absolute Gasteiger partial charge is 0.140 e. The van der Waals surface area contributed by atoms with Crippen LogP contribution in [0.25, 0.3) is 0 Å². The highest BCUT2D eigenvalue weighted by Gasteiger charge is 2.07. The predicted octanol–water partition coefficient (Wildman–Crippen LogP) is -0.535. The standard InChI is InChI=1S/C7H9BClN3/c8-4-1-3(10)2-5(9)6(4)7(11)12/h1-2H,8,10H2,(H3,11,12). The number of nitrogens with two attached hydrogens (primary N) is 2. The van der Waals surface area contributed by atoms with Gasteiger partial charge in [0.05, 0.1) is 5.02 Å². The van der Waals surface area contributed by atoms with Crippen LogP contribution in [0.4, 0.5) is 5.69 Å². The van der Waals surface area contributed by atoms with Crippen molar-refractivity contribution in [2.75, 3.05) is 5.73 Å². The van der Waals surface area contributed by atoms with Gasteiger partial charge < -0.3 is 11.5 Å². The summed E-state index contributed by atoms with van der Waals surface area (Å²) in [7, 11) is 1.82. The van der Waals surface area contributed by atoms with Gasteiger partial charge in [0.1, 0.15) is 13.7 Å². The molecule has 1 aromatic carbocycles. The summed E-state index contributed by atoms with van der Waals surface area (Å²) in [6.45, 7) is 0. The van der Waals surface area contributed by atoms with E-state index >= 15 is 0 Å². The van der Waals surface area contributed by atoms with Gasteiger partial charge in [0, 0.05) is 11.3 Å². The fourth-order valence-corrected chi connectivity index (χ4v) is 1.49. The normalized spacial score (nSPS) is 9.75. The predicted molar refractivity (Wildman–Crippen MR) is 55.1 cm³/mol. The Morgan fingerprint density at radius 1 is 1.50 bits per heavy atom. The SMILES string of the molecule is Bc1cc(N)cc(Cl)c1C(=N)N. The van der Waals surface area contributed by atoms with E-state index in [4.69, 9.17) is 28.5 Å². The van der Waals surface area contributed by atoms with Crippen LogP contribution in [0.1, 0.15) is 5.56 Å². The highest BCUT2D eigenvalue weighted by molar-refractivity contribution is 6.42. The summed E-state index contributed by atoms with van der Waals surface area (Å²) < 4.78 is 0. The molecule has 5 heteroatoms. The Bertz CT molecular complexity index is 314. The monoisotopic (exact) mass is 181 g/mol. The van der Waals surface area contributed by atoms with E-state index in [2.05, 4.69) is 0 Å². The second-order valence-electron chi connectivity index (χ2n) is 2.61. The number of anilines is 1. The van der Waals surface area contributed by atoms with E-state index in [0.29, 0.717) is 16.3 Å². The molecule has 0 bridgehead atoms. The minimum Gasteiger partial charge on any atom is -0.399 e. The fraction of sp³-hybridized carbons (Fsp3) is 0. The molecular formula is C7H9BClN3. The van der Waals surface area contributed by atoms with Gasteiger partial charge in [0.25, 0.3) is 0 Å². The van der Waals surface area contributed by atoms with Crippen LogP contribution >= 0.6 is 11.6 Å². The molecule has 0 heterocycles. The van der Waals surface area contributed by atoms with Crippen LogP contribution in [-0.4, -0.2) is 13.7 Å². The Balaban J connectivity index is 3.38. The Hall–Kier alpha value is -1.16. The first-order valence-corrected chi connectivity index (χ1v) is 3.80. The minimum atomic E-state index is -0.0301. The summed E-state index contributed by atoms with van der Waals surface area (Å²) in [6, 6.07) is 3.33. The highest BCUT2D eigenvalue weighted by atomic mass is 35.5. The number of hydrogen-bond acceptors (Lipinski definition) is 2. The lowest BCUT2D eigenvalue weighted by Gasteiger charge is -2.07. The first-order valence-electron chi connectivity index (χ1n) is 3.42. The van der Waals surface area contributed by atoms with Crippen LogP contribution in [0.2, 0.25) is 5.02 Å². The van der Waals surface area contributed by atoms with Crippen molar-refractivity contribution in [2.45, 2.75) is 0 Å². The molecule has 0 aliphatic rings. The third kappa shape index (κ3) is 1.53. The molecule has 0 amide bonds. The van der Waals surface area contributed by atoms with Crippen LogP contribution in [0.15, 0.2) is 12.1 Å². The topological polar surface area (TPSA) is 75.9 Å². The van der Waals surface area contributed by atoms with Gasteiger partial charge >= 0.3 is 0 Å². The Labute approximate surface area is 76.6 Å². The fourth-order valence-electron chi connectivity index (χ4n) is 1.11. The van der Waals surface area contributed by atoms with E-state index in [9.17, 15) is 0 Å². The van der Waals surface area contributed by atoms with Crippen molar-refractivity contribution in [3.63, 3.8) is 0 Å². The lowest BCUT2D eigenvalue weighted by atomic mass is 9.89. The summed E-state index contributed by atoms with van der Waals surface area (Å²) in [6.07, 6.45) is 0. The number of nitrogens with one attached hydrogen (secondary N) is 1. The van der Waals surface area contributed by atoms with Crippen LogP contribution in [0.5, 0.6) is 0 Å². The number of halogens is 1. The van der Waals surface area contributed by atoms with Crippen molar-refractivity contribution in [1.29, 1.82) is 5.41 Å². The maximum Gasteiger partial charge on any atom is 0.140 e. The van der Waals surface area contributed by atoms with E-state index in [1.165, 1.54) is 0 Å². The number of benzene rings is 1. The average molecular weight is 181 g/mol. The van der Waals surface area contributed by atoms with Gasteiger partial charge in [0.15, 0.2) is 0 Å². The van der Waals surface area contributed by atoms with Crippen LogP contribution in [-0.2, 0) is 0 Å². The van der Waals surface area contributed by atoms with Gasteiger partial charge in [-0.15, -0.1) is 0 Å². The molecular weight excluding hydrogens is 172 g/mol. The maximum atomic E-state index is 7.24. The Kier molecular flexibility index (Phi) is 2.28. The molecule has 0 aromatic heterocycles.